The molecule has 0 aromatic heterocycles. The molecule has 0 radical (unpaired) electrons. The van der Waals surface area contributed by atoms with Crippen LogP contribution in [0, 0.1) is 0 Å². The van der Waals surface area contributed by atoms with Crippen LogP contribution in [0.2, 0.25) is 0 Å². The van der Waals surface area contributed by atoms with Gasteiger partial charge in [0.1, 0.15) is 0 Å². The fraction of sp³-hybridized carbons (Fsp3) is 0.400. The Kier molecular flexibility index (Phi) is 7.13. The van der Waals surface area contributed by atoms with Gasteiger partial charge in [0.05, 0.1) is 6.42 Å². The summed E-state index contributed by atoms with van der Waals surface area (Å²) in [5, 5.41) is 16.6. The number of aliphatic carboxylic acids is 2. The number of allylic oxidation sites excluding steroid dienone is 3. The van der Waals surface area contributed by atoms with Gasteiger partial charge in [-0.05, 0) is 12.8 Å². The molecule has 0 rings (SSSR count). The third-order valence-electron chi connectivity index (χ3n) is 1.42. The number of carbonyl (C=O) groups is 2. The van der Waals surface area contributed by atoms with Gasteiger partial charge in [0, 0.05) is 6.42 Å². The molecule has 0 fully saturated rings. The first-order valence-corrected chi connectivity index (χ1v) is 4.36. The maximum atomic E-state index is 10.1. The van der Waals surface area contributed by atoms with E-state index in [9.17, 15) is 9.59 Å². The van der Waals surface area contributed by atoms with Crippen LogP contribution in [0.4, 0.5) is 0 Å². The quantitative estimate of drug-likeness (QED) is 0.612. The molecule has 0 aromatic carbocycles. The first-order chi connectivity index (χ1) is 6.63. The minimum Gasteiger partial charge on any atom is -0.481 e. The van der Waals surface area contributed by atoms with E-state index in [0.29, 0.717) is 12.8 Å². The normalized spacial score (nSPS) is 11.1. The molecule has 0 saturated carbocycles. The van der Waals surface area contributed by atoms with Crippen LogP contribution in [0.3, 0.4) is 0 Å². The summed E-state index contributed by atoms with van der Waals surface area (Å²) in [4.78, 5) is 20.2. The second kappa shape index (κ2) is 8.04. The highest BCUT2D eigenvalue weighted by Gasteiger charge is 1.91. The van der Waals surface area contributed by atoms with E-state index in [2.05, 4.69) is 0 Å². The lowest BCUT2D eigenvalue weighted by Gasteiger charge is -1.86. The average molecular weight is 198 g/mol. The molecule has 0 spiro atoms. The van der Waals surface area contributed by atoms with E-state index >= 15 is 0 Å². The van der Waals surface area contributed by atoms with Gasteiger partial charge < -0.3 is 10.2 Å². The Hall–Kier alpha value is -1.58. The Morgan fingerprint density at radius 1 is 0.929 bits per heavy atom. The van der Waals surface area contributed by atoms with E-state index in [1.165, 1.54) is 0 Å². The van der Waals surface area contributed by atoms with Crippen molar-refractivity contribution in [3.05, 3.63) is 24.3 Å². The summed E-state index contributed by atoms with van der Waals surface area (Å²) < 4.78 is 0. The second-order valence-electron chi connectivity index (χ2n) is 2.71. The molecule has 0 aliphatic rings. The summed E-state index contributed by atoms with van der Waals surface area (Å²) >= 11 is 0. The molecule has 4 nitrogen and oxygen atoms in total. The summed E-state index contributed by atoms with van der Waals surface area (Å²) in [6, 6.07) is 0. The Morgan fingerprint density at radius 3 is 2.14 bits per heavy atom. The number of hydrogen-bond donors (Lipinski definition) is 2. The summed E-state index contributed by atoms with van der Waals surface area (Å²) in [7, 11) is 0. The van der Waals surface area contributed by atoms with Crippen LogP contribution in [0.15, 0.2) is 24.3 Å². The van der Waals surface area contributed by atoms with Gasteiger partial charge >= 0.3 is 11.9 Å². The van der Waals surface area contributed by atoms with E-state index in [-0.39, 0.29) is 12.8 Å². The van der Waals surface area contributed by atoms with E-state index in [1.54, 1.807) is 18.2 Å². The lowest BCUT2D eigenvalue weighted by Crippen LogP contribution is -1.91. The zero-order valence-corrected chi connectivity index (χ0v) is 7.85. The predicted molar refractivity (Wildman–Crippen MR) is 52.0 cm³/mol. The van der Waals surface area contributed by atoms with Gasteiger partial charge in [-0.15, -0.1) is 0 Å². The maximum absolute atomic E-state index is 10.1. The van der Waals surface area contributed by atoms with E-state index in [1.807, 2.05) is 6.08 Å². The molecule has 0 aliphatic carbocycles. The van der Waals surface area contributed by atoms with Crippen molar-refractivity contribution in [3.8, 4) is 0 Å². The van der Waals surface area contributed by atoms with Crippen molar-refractivity contribution >= 4 is 11.9 Å². The molecule has 0 aromatic rings. The van der Waals surface area contributed by atoms with Crippen LogP contribution in [0.25, 0.3) is 0 Å². The van der Waals surface area contributed by atoms with Crippen molar-refractivity contribution < 1.29 is 19.8 Å². The Bertz CT molecular complexity index is 241. The molecule has 2 N–H and O–H groups in total. The minimum atomic E-state index is -0.851. The van der Waals surface area contributed by atoms with E-state index in [0.717, 1.165) is 0 Å². The molecule has 14 heavy (non-hydrogen) atoms. The van der Waals surface area contributed by atoms with Crippen molar-refractivity contribution in [1.29, 1.82) is 0 Å². The van der Waals surface area contributed by atoms with Crippen LogP contribution in [0.5, 0.6) is 0 Å². The summed E-state index contributed by atoms with van der Waals surface area (Å²) in [6.07, 6.45) is 8.24. The summed E-state index contributed by atoms with van der Waals surface area (Å²) in [5.41, 5.74) is 0. The van der Waals surface area contributed by atoms with Crippen LogP contribution < -0.4 is 0 Å². The van der Waals surface area contributed by atoms with Crippen molar-refractivity contribution in [2.75, 3.05) is 0 Å². The molecular weight excluding hydrogens is 184 g/mol. The SMILES string of the molecule is O=C(O)C/C=C\CC=CCCC(=O)O. The van der Waals surface area contributed by atoms with Crippen molar-refractivity contribution in [2.45, 2.75) is 25.7 Å². The molecule has 0 atom stereocenters. The Morgan fingerprint density at radius 2 is 1.57 bits per heavy atom. The molecular formula is C10H14O4. The van der Waals surface area contributed by atoms with E-state index in [4.69, 9.17) is 10.2 Å². The molecule has 0 aliphatic heterocycles. The number of hydrogen-bond acceptors (Lipinski definition) is 2. The number of carboxylic acids is 2. The van der Waals surface area contributed by atoms with Gasteiger partial charge in [-0.3, -0.25) is 9.59 Å². The van der Waals surface area contributed by atoms with E-state index < -0.39 is 11.9 Å². The van der Waals surface area contributed by atoms with Gasteiger partial charge in [-0.25, -0.2) is 0 Å². The molecule has 0 saturated heterocycles. The monoisotopic (exact) mass is 198 g/mol. The van der Waals surface area contributed by atoms with Gasteiger partial charge in [-0.2, -0.15) is 0 Å². The van der Waals surface area contributed by atoms with Crippen LogP contribution >= 0.6 is 0 Å². The van der Waals surface area contributed by atoms with Crippen molar-refractivity contribution in [3.63, 3.8) is 0 Å². The zero-order valence-electron chi connectivity index (χ0n) is 7.85. The topological polar surface area (TPSA) is 74.6 Å². The number of rotatable bonds is 7. The van der Waals surface area contributed by atoms with Gasteiger partial charge in [0.25, 0.3) is 0 Å². The highest BCUT2D eigenvalue weighted by Crippen LogP contribution is 1.94. The molecule has 78 valence electrons. The lowest BCUT2D eigenvalue weighted by atomic mass is 10.2. The summed E-state index contributed by atoms with van der Waals surface area (Å²) in [6.45, 7) is 0. The summed E-state index contributed by atoms with van der Waals surface area (Å²) in [5.74, 6) is -1.66. The molecule has 4 heteroatoms. The fourth-order valence-electron chi connectivity index (χ4n) is 0.780. The van der Waals surface area contributed by atoms with Gasteiger partial charge in [0.15, 0.2) is 0 Å². The second-order valence-corrected chi connectivity index (χ2v) is 2.71. The van der Waals surface area contributed by atoms with Crippen LogP contribution in [-0.2, 0) is 9.59 Å². The smallest absolute Gasteiger partial charge is 0.307 e. The third-order valence-corrected chi connectivity index (χ3v) is 1.42. The van der Waals surface area contributed by atoms with Crippen LogP contribution in [-0.4, -0.2) is 22.2 Å². The highest BCUT2D eigenvalue weighted by molar-refractivity contribution is 5.68. The maximum Gasteiger partial charge on any atom is 0.307 e. The predicted octanol–water partition coefficient (Wildman–Crippen LogP) is 1.83. The minimum absolute atomic E-state index is 0.0307. The molecule has 0 heterocycles. The highest BCUT2D eigenvalue weighted by atomic mass is 16.4. The first kappa shape index (κ1) is 12.4. The zero-order chi connectivity index (χ0) is 10.8. The van der Waals surface area contributed by atoms with Gasteiger partial charge in [0.2, 0.25) is 0 Å². The van der Waals surface area contributed by atoms with Gasteiger partial charge in [-0.1, -0.05) is 24.3 Å². The number of carboxylic acid groups (broad SMARTS) is 2. The Labute approximate surface area is 82.6 Å². The molecule has 0 amide bonds. The average Bonchev–Trinajstić information content (AvgIpc) is 2.08. The largest absolute Gasteiger partial charge is 0.481 e. The Balaban J connectivity index is 3.39. The van der Waals surface area contributed by atoms with Crippen LogP contribution in [0.1, 0.15) is 25.7 Å². The molecule has 0 unspecified atom stereocenters. The fourth-order valence-corrected chi connectivity index (χ4v) is 0.780. The van der Waals surface area contributed by atoms with Crippen molar-refractivity contribution in [1.82, 2.24) is 0 Å². The first-order valence-electron chi connectivity index (χ1n) is 4.36. The molecule has 0 bridgehead atoms. The lowest BCUT2D eigenvalue weighted by molar-refractivity contribution is -0.137. The van der Waals surface area contributed by atoms with Crippen molar-refractivity contribution in [2.24, 2.45) is 0 Å². The standard InChI is InChI=1S/C10H14O4/c11-9(12)7-5-3-1-2-4-6-8-10(13)14/h1,3-4,6H,2,5,7-8H2,(H,11,12)(H,13,14)/b3-1?,6-4-. The third kappa shape index (κ3) is 10.4.